The van der Waals surface area contributed by atoms with Crippen molar-refractivity contribution in [2.45, 2.75) is 50.9 Å². The molecular weight excluding hydrogens is 474 g/mol. The van der Waals surface area contributed by atoms with Crippen molar-refractivity contribution in [3.63, 3.8) is 0 Å². The highest BCUT2D eigenvalue weighted by Crippen LogP contribution is 2.25. The van der Waals surface area contributed by atoms with Gasteiger partial charge in [0.05, 0.1) is 28.5 Å². The van der Waals surface area contributed by atoms with Crippen molar-refractivity contribution in [3.8, 4) is 0 Å². The van der Waals surface area contributed by atoms with Crippen LogP contribution in [0.5, 0.6) is 0 Å². The van der Waals surface area contributed by atoms with Gasteiger partial charge in [-0.05, 0) is 30.4 Å². The molecule has 32 heavy (non-hydrogen) atoms. The molecule has 0 spiro atoms. The van der Waals surface area contributed by atoms with E-state index in [0.717, 1.165) is 23.7 Å². The van der Waals surface area contributed by atoms with Crippen LogP contribution in [0, 0.1) is 0 Å². The summed E-state index contributed by atoms with van der Waals surface area (Å²) in [5.41, 5.74) is 1.72. The van der Waals surface area contributed by atoms with Gasteiger partial charge in [0.15, 0.2) is 15.5 Å². The Balaban J connectivity index is 1.99. The summed E-state index contributed by atoms with van der Waals surface area (Å²) in [5.74, 6) is -0.942. The van der Waals surface area contributed by atoms with E-state index in [1.165, 1.54) is 4.90 Å². The predicted octanol–water partition coefficient (Wildman–Crippen LogP) is 2.71. The highest BCUT2D eigenvalue weighted by molar-refractivity contribution is 7.91. The van der Waals surface area contributed by atoms with Crippen LogP contribution in [-0.4, -0.2) is 60.9 Å². The van der Waals surface area contributed by atoms with Gasteiger partial charge >= 0.3 is 0 Å². The van der Waals surface area contributed by atoms with E-state index < -0.39 is 36.8 Å². The molecule has 1 aliphatic rings. The number of amides is 1. The normalized spacial score (nSPS) is 17.9. The zero-order valence-electron chi connectivity index (χ0n) is 18.0. The number of rotatable bonds is 8. The van der Waals surface area contributed by atoms with Crippen LogP contribution < -0.4 is 0 Å². The Morgan fingerprint density at radius 2 is 1.84 bits per heavy atom. The van der Waals surface area contributed by atoms with E-state index in [2.05, 4.69) is 9.97 Å². The first-order valence-electron chi connectivity index (χ1n) is 10.4. The molecule has 1 saturated heterocycles. The number of carbonyl (C=O) groups excluding carboxylic acids is 1. The molecule has 8 nitrogen and oxygen atoms in total. The Bertz CT molecular complexity index is 1200. The summed E-state index contributed by atoms with van der Waals surface area (Å²) in [4.78, 5) is 22.7. The van der Waals surface area contributed by atoms with Gasteiger partial charge < -0.3 is 4.90 Å². The van der Waals surface area contributed by atoms with Crippen LogP contribution in [0.4, 0.5) is 0 Å². The molecule has 11 heteroatoms. The van der Waals surface area contributed by atoms with Crippen LogP contribution in [0.15, 0.2) is 35.6 Å². The average molecular weight is 500 g/mol. The molecule has 0 unspecified atom stereocenters. The first kappa shape index (κ1) is 24.6. The molecule has 0 saturated carbocycles. The third kappa shape index (κ3) is 5.65. The number of sulfone groups is 2. The first-order chi connectivity index (χ1) is 15.1. The lowest BCUT2D eigenvalue weighted by Gasteiger charge is -2.28. The van der Waals surface area contributed by atoms with Crippen molar-refractivity contribution in [1.82, 2.24) is 14.9 Å². The maximum absolute atomic E-state index is 13.5. The van der Waals surface area contributed by atoms with Crippen molar-refractivity contribution in [2.24, 2.45) is 0 Å². The molecule has 174 valence electrons. The Morgan fingerprint density at radius 1 is 1.19 bits per heavy atom. The molecule has 3 rings (SSSR count). The fourth-order valence-corrected chi connectivity index (χ4v) is 6.68. The maximum Gasteiger partial charge on any atom is 0.274 e. The number of benzene rings is 1. The lowest BCUT2D eigenvalue weighted by molar-refractivity contribution is 0.0674. The minimum absolute atomic E-state index is 0.0101. The fourth-order valence-electron chi connectivity index (χ4n) is 3.61. The Morgan fingerprint density at radius 3 is 2.41 bits per heavy atom. The molecule has 2 heterocycles. The van der Waals surface area contributed by atoms with Gasteiger partial charge in [0.2, 0.25) is 15.0 Å². The van der Waals surface area contributed by atoms with Gasteiger partial charge in [0.25, 0.3) is 5.91 Å². The highest BCUT2D eigenvalue weighted by Gasteiger charge is 2.36. The molecule has 1 amide bonds. The summed E-state index contributed by atoms with van der Waals surface area (Å²) < 4.78 is 49.0. The van der Waals surface area contributed by atoms with Crippen molar-refractivity contribution in [2.75, 3.05) is 17.3 Å². The topological polar surface area (TPSA) is 114 Å². The third-order valence-electron chi connectivity index (χ3n) is 5.37. The molecule has 1 aromatic carbocycles. The third-order valence-corrected chi connectivity index (χ3v) is 9.10. The van der Waals surface area contributed by atoms with E-state index >= 15 is 0 Å². The molecule has 1 aromatic heterocycles. The van der Waals surface area contributed by atoms with Crippen molar-refractivity contribution >= 4 is 37.2 Å². The van der Waals surface area contributed by atoms with Crippen molar-refractivity contribution < 1.29 is 21.6 Å². The summed E-state index contributed by atoms with van der Waals surface area (Å²) in [7, 11) is -7.02. The summed E-state index contributed by atoms with van der Waals surface area (Å²) in [6.07, 6.45) is 2.64. The number of aryl methyl sites for hydroxylation is 1. The van der Waals surface area contributed by atoms with Gasteiger partial charge in [-0.2, -0.15) is 0 Å². The van der Waals surface area contributed by atoms with E-state index in [-0.39, 0.29) is 34.5 Å². The molecule has 0 aliphatic carbocycles. The number of hydrogen-bond donors (Lipinski definition) is 0. The van der Waals surface area contributed by atoms with E-state index in [1.807, 2.05) is 31.2 Å². The molecular formula is C21H26ClN3O5S2. The van der Waals surface area contributed by atoms with Crippen LogP contribution in [0.3, 0.4) is 0 Å². The summed E-state index contributed by atoms with van der Waals surface area (Å²) in [6, 6.07) is 7.13. The van der Waals surface area contributed by atoms with Gasteiger partial charge in [0.1, 0.15) is 0 Å². The quantitative estimate of drug-likeness (QED) is 0.513. The largest absolute Gasteiger partial charge is 0.329 e. The highest BCUT2D eigenvalue weighted by atomic mass is 35.5. The standard InChI is InChI=1S/C21H26ClN3O5S2/c1-3-10-32(29,30)21-23-12-18(22)19(24-21)20(26)25(17-9-11-31(27,28)14-17)13-16-7-5-15(4-2)6-8-16/h5-8,12,17H,3-4,9-11,13-14H2,1-2H3/t17-/m0/s1. The van der Waals surface area contributed by atoms with Crippen LogP contribution in [0.1, 0.15) is 48.3 Å². The predicted molar refractivity (Wildman–Crippen MR) is 122 cm³/mol. The molecule has 0 N–H and O–H groups in total. The number of hydrogen-bond acceptors (Lipinski definition) is 7. The van der Waals surface area contributed by atoms with Gasteiger partial charge in [-0.25, -0.2) is 26.8 Å². The second kappa shape index (κ2) is 9.84. The molecule has 1 aliphatic heterocycles. The van der Waals surface area contributed by atoms with E-state index in [9.17, 15) is 21.6 Å². The zero-order valence-corrected chi connectivity index (χ0v) is 20.4. The van der Waals surface area contributed by atoms with Crippen LogP contribution >= 0.6 is 11.6 Å². The minimum Gasteiger partial charge on any atom is -0.329 e. The van der Waals surface area contributed by atoms with Crippen molar-refractivity contribution in [1.29, 1.82) is 0 Å². The second-order valence-corrected chi connectivity index (χ2v) is 12.5. The molecule has 0 radical (unpaired) electrons. The van der Waals surface area contributed by atoms with Gasteiger partial charge in [-0.1, -0.05) is 49.7 Å². The number of carbonyl (C=O) groups is 1. The monoisotopic (exact) mass is 499 g/mol. The van der Waals surface area contributed by atoms with Crippen LogP contribution in [0.2, 0.25) is 5.02 Å². The fraction of sp³-hybridized carbons (Fsp3) is 0.476. The molecule has 0 bridgehead atoms. The smallest absolute Gasteiger partial charge is 0.274 e. The Kier molecular flexibility index (Phi) is 7.57. The Hall–Kier alpha value is -2.04. The van der Waals surface area contributed by atoms with Gasteiger partial charge in [-0.3, -0.25) is 4.79 Å². The average Bonchev–Trinajstić information content (AvgIpc) is 3.11. The summed E-state index contributed by atoms with van der Waals surface area (Å²) in [6.45, 7) is 3.90. The number of halogens is 1. The minimum atomic E-state index is -3.76. The number of nitrogens with zero attached hydrogens (tertiary/aromatic N) is 3. The second-order valence-electron chi connectivity index (χ2n) is 7.83. The molecule has 2 aromatic rings. The molecule has 1 atom stereocenters. The van der Waals surface area contributed by atoms with Crippen LogP contribution in [0.25, 0.3) is 0 Å². The SMILES string of the molecule is CCCS(=O)(=O)c1ncc(Cl)c(C(=O)N(Cc2ccc(CC)cc2)[C@H]2CCS(=O)(=O)C2)n1. The summed E-state index contributed by atoms with van der Waals surface area (Å²) >= 11 is 6.18. The van der Waals surface area contributed by atoms with Crippen LogP contribution in [-0.2, 0) is 32.6 Å². The first-order valence-corrected chi connectivity index (χ1v) is 14.3. The van der Waals surface area contributed by atoms with E-state index in [0.29, 0.717) is 12.8 Å². The van der Waals surface area contributed by atoms with E-state index in [1.54, 1.807) is 6.92 Å². The molecule has 1 fully saturated rings. The van der Waals surface area contributed by atoms with E-state index in [4.69, 9.17) is 11.6 Å². The summed E-state index contributed by atoms with van der Waals surface area (Å²) in [5, 5.41) is -0.545. The van der Waals surface area contributed by atoms with Gasteiger partial charge in [0, 0.05) is 12.6 Å². The lowest BCUT2D eigenvalue weighted by Crippen LogP contribution is -2.41. The van der Waals surface area contributed by atoms with Gasteiger partial charge in [-0.15, -0.1) is 0 Å². The van der Waals surface area contributed by atoms with Crippen molar-refractivity contribution in [3.05, 3.63) is 52.3 Å². The number of aromatic nitrogens is 2. The lowest BCUT2D eigenvalue weighted by atomic mass is 10.1. The zero-order chi connectivity index (χ0) is 23.5. The maximum atomic E-state index is 13.5. The Labute approximate surface area is 193 Å².